The molecule has 3 nitrogen and oxygen atoms in total. The molecule has 0 saturated carbocycles. The van der Waals surface area contributed by atoms with Crippen LogP contribution in [0.1, 0.15) is 11.1 Å². The van der Waals surface area contributed by atoms with Gasteiger partial charge in [-0.1, -0.05) is 60.7 Å². The Labute approximate surface area is 168 Å². The highest BCUT2D eigenvalue weighted by Crippen LogP contribution is 2.16. The average molecular weight is 426 g/mol. The van der Waals surface area contributed by atoms with Gasteiger partial charge in [0.25, 0.3) is 0 Å². The lowest BCUT2D eigenvalue weighted by Crippen LogP contribution is -2.26. The second-order valence-corrected chi connectivity index (χ2v) is 6.38. The Morgan fingerprint density at radius 2 is 1.33 bits per heavy atom. The van der Waals surface area contributed by atoms with Crippen molar-refractivity contribution in [3.63, 3.8) is 0 Å². The molecule has 0 saturated heterocycles. The first-order chi connectivity index (χ1) is 12.7. The average Bonchev–Trinajstić information content (AvgIpc) is 2.94. The van der Waals surface area contributed by atoms with Crippen molar-refractivity contribution in [2.24, 2.45) is 0 Å². The lowest BCUT2D eigenvalue weighted by atomic mass is 10.1. The summed E-state index contributed by atoms with van der Waals surface area (Å²) in [4.78, 5) is 0. The van der Waals surface area contributed by atoms with Crippen LogP contribution >= 0.6 is 17.0 Å². The van der Waals surface area contributed by atoms with Gasteiger partial charge < -0.3 is 9.13 Å². The van der Waals surface area contributed by atoms with E-state index in [1.165, 1.54) is 11.6 Å². The number of nitrogens with one attached hydrogen (secondary N) is 1. The number of aromatic nitrogens is 2. The maximum Gasteiger partial charge on any atom is 0.203 e. The number of rotatable bonds is 5. The zero-order valence-electron chi connectivity index (χ0n) is 14.8. The summed E-state index contributed by atoms with van der Waals surface area (Å²) in [7, 11) is 0. The summed E-state index contributed by atoms with van der Waals surface area (Å²) in [6.45, 7) is 1.07. The molecule has 138 valence electrons. The fourth-order valence-electron chi connectivity index (χ4n) is 3.36. The van der Waals surface area contributed by atoms with E-state index in [1.807, 2.05) is 57.7 Å². The lowest BCUT2D eigenvalue weighted by Gasteiger charge is -2.06. The predicted molar refractivity (Wildman–Crippen MR) is 112 cm³/mol. The Hall–Kier alpha value is -2.66. The topological polar surface area (TPSA) is 33.7 Å². The van der Waals surface area contributed by atoms with Gasteiger partial charge in [-0.05, 0) is 30.2 Å². The summed E-state index contributed by atoms with van der Waals surface area (Å²) in [5.41, 5.74) is 4.19. The first-order valence-corrected chi connectivity index (χ1v) is 8.74. The van der Waals surface area contributed by atoms with Crippen molar-refractivity contribution in [1.29, 1.82) is 5.41 Å². The zero-order chi connectivity index (χ0) is 17.9. The van der Waals surface area contributed by atoms with Crippen LogP contribution in [0.25, 0.3) is 11.0 Å². The molecule has 3 aromatic carbocycles. The molecule has 1 heterocycles. The van der Waals surface area contributed by atoms with Crippen LogP contribution in [0.5, 0.6) is 0 Å². The molecule has 4 aromatic rings. The van der Waals surface area contributed by atoms with E-state index in [0.717, 1.165) is 17.5 Å². The molecule has 0 unspecified atom stereocenters. The van der Waals surface area contributed by atoms with Gasteiger partial charge in [-0.15, -0.1) is 17.0 Å². The molecule has 27 heavy (non-hydrogen) atoms. The smallest absolute Gasteiger partial charge is 0.203 e. The van der Waals surface area contributed by atoms with Crippen molar-refractivity contribution in [2.45, 2.75) is 19.5 Å². The molecule has 5 heteroatoms. The molecule has 4 rings (SSSR count). The fraction of sp³-hybridized carbons (Fsp3) is 0.136. The minimum absolute atomic E-state index is 0. The van der Waals surface area contributed by atoms with E-state index in [4.69, 9.17) is 5.41 Å². The Balaban J connectivity index is 0.00000210. The van der Waals surface area contributed by atoms with Crippen LogP contribution in [0, 0.1) is 11.2 Å². The number of nitrogens with zero attached hydrogens (tertiary/aromatic N) is 2. The molecule has 1 aromatic heterocycles. The third-order valence-electron chi connectivity index (χ3n) is 4.73. The van der Waals surface area contributed by atoms with Crippen LogP contribution in [0.3, 0.4) is 0 Å². The Kier molecular flexibility index (Phi) is 5.91. The quantitative estimate of drug-likeness (QED) is 0.470. The first kappa shape index (κ1) is 19.1. The summed E-state index contributed by atoms with van der Waals surface area (Å²) >= 11 is 0. The zero-order valence-corrected chi connectivity index (χ0v) is 16.5. The van der Waals surface area contributed by atoms with E-state index in [1.54, 1.807) is 12.1 Å². The van der Waals surface area contributed by atoms with Crippen molar-refractivity contribution in [3.8, 4) is 0 Å². The number of aryl methyl sites for hydroxylation is 2. The molecule has 0 spiro atoms. The first-order valence-electron chi connectivity index (χ1n) is 8.74. The highest BCUT2D eigenvalue weighted by atomic mass is 79.9. The Morgan fingerprint density at radius 3 is 2.04 bits per heavy atom. The molecule has 0 amide bonds. The molecule has 0 atom stereocenters. The van der Waals surface area contributed by atoms with Crippen molar-refractivity contribution >= 4 is 28.0 Å². The number of halogens is 2. The highest BCUT2D eigenvalue weighted by Gasteiger charge is 2.12. The van der Waals surface area contributed by atoms with E-state index in [9.17, 15) is 4.39 Å². The van der Waals surface area contributed by atoms with E-state index in [0.29, 0.717) is 24.3 Å². The molecule has 0 fully saturated rings. The van der Waals surface area contributed by atoms with E-state index >= 15 is 0 Å². The highest BCUT2D eigenvalue weighted by molar-refractivity contribution is 8.93. The summed E-state index contributed by atoms with van der Waals surface area (Å²) < 4.78 is 18.0. The van der Waals surface area contributed by atoms with Crippen LogP contribution in [0.2, 0.25) is 0 Å². The van der Waals surface area contributed by atoms with Gasteiger partial charge >= 0.3 is 0 Å². The minimum Gasteiger partial charge on any atom is -0.310 e. The molecule has 0 radical (unpaired) electrons. The summed E-state index contributed by atoms with van der Waals surface area (Å²) in [5.74, 6) is -0.236. The number of fused-ring (bicyclic) bond motifs is 1. The van der Waals surface area contributed by atoms with Crippen LogP contribution in [0.4, 0.5) is 4.39 Å². The van der Waals surface area contributed by atoms with E-state index in [2.05, 4.69) is 12.1 Å². The van der Waals surface area contributed by atoms with Gasteiger partial charge in [-0.3, -0.25) is 5.41 Å². The summed E-state index contributed by atoms with van der Waals surface area (Å²) in [5, 5.41) is 8.66. The second-order valence-electron chi connectivity index (χ2n) is 6.38. The van der Waals surface area contributed by atoms with Crippen molar-refractivity contribution < 1.29 is 4.39 Å². The van der Waals surface area contributed by atoms with Gasteiger partial charge in [0.15, 0.2) is 0 Å². The molecular formula is C22H21BrFN3. The summed E-state index contributed by atoms with van der Waals surface area (Å²) in [6, 6.07) is 25.0. The van der Waals surface area contributed by atoms with Crippen molar-refractivity contribution in [1.82, 2.24) is 9.13 Å². The maximum absolute atomic E-state index is 14.1. The Morgan fingerprint density at radius 1 is 0.741 bits per heavy atom. The lowest BCUT2D eigenvalue weighted by molar-refractivity contribution is 0.582. The van der Waals surface area contributed by atoms with Gasteiger partial charge in [-0.25, -0.2) is 4.39 Å². The van der Waals surface area contributed by atoms with Gasteiger partial charge in [0, 0.05) is 12.1 Å². The SMILES string of the molecule is Br.N=c1n(CCc2ccccc2)c2ccccc2n1Cc1ccccc1F. The molecular weight excluding hydrogens is 405 g/mol. The maximum atomic E-state index is 14.1. The third-order valence-corrected chi connectivity index (χ3v) is 4.73. The second kappa shape index (κ2) is 8.35. The van der Waals surface area contributed by atoms with Crippen molar-refractivity contribution in [2.75, 3.05) is 0 Å². The predicted octanol–water partition coefficient (Wildman–Crippen LogP) is 4.93. The largest absolute Gasteiger partial charge is 0.310 e. The Bertz CT molecular complexity index is 1100. The standard InChI is InChI=1S/C22H20FN3.BrH/c23-19-11-5-4-10-18(19)16-26-21-13-7-6-12-20(21)25(22(26)24)15-14-17-8-2-1-3-9-17;/h1-13,24H,14-16H2;1H. The van der Waals surface area contributed by atoms with Crippen molar-refractivity contribution in [3.05, 3.63) is 101 Å². The minimum atomic E-state index is -0.236. The van der Waals surface area contributed by atoms with Crippen LogP contribution in [-0.4, -0.2) is 9.13 Å². The number of hydrogen-bond donors (Lipinski definition) is 1. The fourth-order valence-corrected chi connectivity index (χ4v) is 3.36. The van der Waals surface area contributed by atoms with Gasteiger partial charge in [0.1, 0.15) is 5.82 Å². The van der Waals surface area contributed by atoms with Crippen LogP contribution < -0.4 is 5.62 Å². The number of imidazole rings is 1. The monoisotopic (exact) mass is 425 g/mol. The molecule has 0 bridgehead atoms. The normalized spacial score (nSPS) is 10.7. The number of para-hydroxylation sites is 2. The third kappa shape index (κ3) is 3.88. The van der Waals surface area contributed by atoms with Gasteiger partial charge in [-0.2, -0.15) is 0 Å². The molecule has 0 aliphatic rings. The molecule has 0 aliphatic heterocycles. The van der Waals surface area contributed by atoms with Gasteiger partial charge in [0.05, 0.1) is 17.6 Å². The van der Waals surface area contributed by atoms with Crippen LogP contribution in [0.15, 0.2) is 78.9 Å². The molecule has 0 aliphatic carbocycles. The number of hydrogen-bond acceptors (Lipinski definition) is 1. The van der Waals surface area contributed by atoms with Crippen LogP contribution in [-0.2, 0) is 19.5 Å². The molecule has 1 N–H and O–H groups in total. The van der Waals surface area contributed by atoms with E-state index in [-0.39, 0.29) is 22.8 Å². The number of benzene rings is 3. The summed E-state index contributed by atoms with van der Waals surface area (Å²) in [6.07, 6.45) is 0.852. The van der Waals surface area contributed by atoms with E-state index < -0.39 is 0 Å². The van der Waals surface area contributed by atoms with Gasteiger partial charge in [0.2, 0.25) is 5.62 Å².